The number of nitrogens with two attached hydrogens (primary N) is 1. The quantitative estimate of drug-likeness (QED) is 0.747. The Bertz CT molecular complexity index is 363. The number of nitrogens with zero attached hydrogens (tertiary/aromatic N) is 2. The van der Waals surface area contributed by atoms with E-state index in [-0.39, 0.29) is 0 Å². The molecule has 5 heteroatoms. The highest BCUT2D eigenvalue weighted by Crippen LogP contribution is 2.33. The fourth-order valence-corrected chi connectivity index (χ4v) is 2.91. The maximum Gasteiger partial charge on any atom is 0.142 e. The first-order chi connectivity index (χ1) is 7.86. The molecule has 88 valence electrons. The predicted molar refractivity (Wildman–Crippen MR) is 62.3 cm³/mol. The molecule has 2 heterocycles. The van der Waals surface area contributed by atoms with Gasteiger partial charge in [-0.1, -0.05) is 12.8 Å². The Kier molecular flexibility index (Phi) is 2.47. The van der Waals surface area contributed by atoms with Crippen LogP contribution in [-0.2, 0) is 4.74 Å². The van der Waals surface area contributed by atoms with Crippen molar-refractivity contribution in [3.05, 3.63) is 6.20 Å². The van der Waals surface area contributed by atoms with Crippen LogP contribution in [0.25, 0.3) is 0 Å². The van der Waals surface area contributed by atoms with Crippen molar-refractivity contribution in [2.75, 3.05) is 23.8 Å². The summed E-state index contributed by atoms with van der Waals surface area (Å²) in [5.41, 5.74) is 6.93. The highest BCUT2D eigenvalue weighted by Gasteiger charge is 2.35. The molecule has 5 nitrogen and oxygen atoms in total. The van der Waals surface area contributed by atoms with Gasteiger partial charge in [0, 0.05) is 6.54 Å². The minimum absolute atomic E-state index is 0.386. The second-order valence-corrected chi connectivity index (χ2v) is 4.62. The number of hydrogen-bond donors (Lipinski definition) is 2. The maximum absolute atomic E-state index is 5.89. The first-order valence-corrected chi connectivity index (χ1v) is 6.03. The standard InChI is InChI=1S/C11H18N4O/c12-11-9(7-13-14-11)15-5-6-16-10-4-2-1-3-8(10)15/h7-8,10H,1-6H2,(H3,12,13,14). The number of nitrogens with one attached hydrogen (secondary N) is 1. The van der Waals surface area contributed by atoms with E-state index < -0.39 is 0 Å². The normalized spacial score (nSPS) is 30.1. The summed E-state index contributed by atoms with van der Waals surface area (Å²) >= 11 is 0. The molecule has 2 fully saturated rings. The Morgan fingerprint density at radius 2 is 2.31 bits per heavy atom. The Labute approximate surface area is 94.9 Å². The molecule has 2 unspecified atom stereocenters. The Hall–Kier alpha value is -1.23. The molecule has 0 radical (unpaired) electrons. The van der Waals surface area contributed by atoms with Crippen LogP contribution in [0.5, 0.6) is 0 Å². The van der Waals surface area contributed by atoms with Gasteiger partial charge in [-0.2, -0.15) is 5.10 Å². The zero-order valence-electron chi connectivity index (χ0n) is 9.35. The van der Waals surface area contributed by atoms with Gasteiger partial charge in [-0.15, -0.1) is 0 Å². The Morgan fingerprint density at radius 1 is 1.44 bits per heavy atom. The predicted octanol–water partition coefficient (Wildman–Crippen LogP) is 1.14. The van der Waals surface area contributed by atoms with E-state index in [2.05, 4.69) is 15.1 Å². The zero-order valence-corrected chi connectivity index (χ0v) is 9.35. The van der Waals surface area contributed by atoms with Crippen LogP contribution >= 0.6 is 0 Å². The summed E-state index contributed by atoms with van der Waals surface area (Å²) in [6.07, 6.45) is 7.17. The molecular formula is C11H18N4O. The van der Waals surface area contributed by atoms with E-state index in [0.717, 1.165) is 18.8 Å². The molecule has 2 atom stereocenters. The van der Waals surface area contributed by atoms with Crippen molar-refractivity contribution in [2.24, 2.45) is 0 Å². The molecule has 3 N–H and O–H groups in total. The Morgan fingerprint density at radius 3 is 3.12 bits per heavy atom. The average Bonchev–Trinajstić information content (AvgIpc) is 2.75. The van der Waals surface area contributed by atoms with Crippen molar-refractivity contribution in [1.29, 1.82) is 0 Å². The molecule has 3 rings (SSSR count). The Balaban J connectivity index is 1.86. The third-order valence-electron chi connectivity index (χ3n) is 3.69. The number of nitrogen functional groups attached to an aromatic ring is 1. The average molecular weight is 222 g/mol. The number of anilines is 2. The molecule has 1 aliphatic carbocycles. The summed E-state index contributed by atoms with van der Waals surface area (Å²) < 4.78 is 5.84. The van der Waals surface area contributed by atoms with E-state index >= 15 is 0 Å². The van der Waals surface area contributed by atoms with Gasteiger partial charge in [-0.05, 0) is 12.8 Å². The van der Waals surface area contributed by atoms with E-state index in [0.29, 0.717) is 18.0 Å². The number of morpholine rings is 1. The largest absolute Gasteiger partial charge is 0.382 e. The monoisotopic (exact) mass is 222 g/mol. The minimum atomic E-state index is 0.386. The van der Waals surface area contributed by atoms with Crippen LogP contribution < -0.4 is 10.6 Å². The number of H-pyrrole nitrogens is 1. The van der Waals surface area contributed by atoms with Crippen LogP contribution in [0.3, 0.4) is 0 Å². The second kappa shape index (κ2) is 3.97. The first-order valence-electron chi connectivity index (χ1n) is 6.03. The van der Waals surface area contributed by atoms with Gasteiger partial charge in [0.15, 0.2) is 0 Å². The fourth-order valence-electron chi connectivity index (χ4n) is 2.91. The van der Waals surface area contributed by atoms with Gasteiger partial charge in [0.2, 0.25) is 0 Å². The lowest BCUT2D eigenvalue weighted by Gasteiger charge is -2.44. The highest BCUT2D eigenvalue weighted by molar-refractivity contribution is 5.63. The summed E-state index contributed by atoms with van der Waals surface area (Å²) in [5, 5.41) is 6.81. The molecule has 0 aromatic carbocycles. The number of rotatable bonds is 1. The van der Waals surface area contributed by atoms with Gasteiger partial charge < -0.3 is 15.4 Å². The van der Waals surface area contributed by atoms with Gasteiger partial charge in [0.1, 0.15) is 5.82 Å². The summed E-state index contributed by atoms with van der Waals surface area (Å²) in [7, 11) is 0. The topological polar surface area (TPSA) is 67.2 Å². The van der Waals surface area contributed by atoms with Crippen LogP contribution in [0, 0.1) is 0 Å². The lowest BCUT2D eigenvalue weighted by molar-refractivity contribution is -0.00861. The van der Waals surface area contributed by atoms with Crippen molar-refractivity contribution in [1.82, 2.24) is 10.2 Å². The maximum atomic E-state index is 5.89. The van der Waals surface area contributed by atoms with Crippen molar-refractivity contribution < 1.29 is 4.74 Å². The van der Waals surface area contributed by atoms with Crippen molar-refractivity contribution in [3.8, 4) is 0 Å². The van der Waals surface area contributed by atoms with Crippen LogP contribution in [0.2, 0.25) is 0 Å². The van der Waals surface area contributed by atoms with Gasteiger partial charge in [-0.25, -0.2) is 0 Å². The van der Waals surface area contributed by atoms with E-state index in [1.807, 2.05) is 6.20 Å². The van der Waals surface area contributed by atoms with E-state index in [1.54, 1.807) is 0 Å². The van der Waals surface area contributed by atoms with E-state index in [1.165, 1.54) is 25.7 Å². The first kappa shape index (κ1) is 9.96. The van der Waals surface area contributed by atoms with Gasteiger partial charge in [-0.3, -0.25) is 5.10 Å². The summed E-state index contributed by atoms with van der Waals surface area (Å²) in [4.78, 5) is 2.37. The molecule has 1 saturated carbocycles. The molecule has 0 bridgehead atoms. The molecular weight excluding hydrogens is 204 g/mol. The molecule has 0 spiro atoms. The van der Waals surface area contributed by atoms with E-state index in [4.69, 9.17) is 10.5 Å². The highest BCUT2D eigenvalue weighted by atomic mass is 16.5. The van der Waals surface area contributed by atoms with Crippen LogP contribution in [0.1, 0.15) is 25.7 Å². The lowest BCUT2D eigenvalue weighted by atomic mass is 9.90. The SMILES string of the molecule is Nc1[nH]ncc1N1CCOC2CCCCC21. The fraction of sp³-hybridized carbons (Fsp3) is 0.727. The molecule has 2 aliphatic rings. The molecule has 16 heavy (non-hydrogen) atoms. The second-order valence-electron chi connectivity index (χ2n) is 4.62. The third-order valence-corrected chi connectivity index (χ3v) is 3.69. The smallest absolute Gasteiger partial charge is 0.142 e. The molecule has 1 aromatic heterocycles. The van der Waals surface area contributed by atoms with Crippen molar-refractivity contribution >= 4 is 11.5 Å². The summed E-state index contributed by atoms with van der Waals surface area (Å²) in [6, 6.07) is 0.488. The van der Waals surface area contributed by atoms with Crippen LogP contribution in [-0.4, -0.2) is 35.5 Å². The minimum Gasteiger partial charge on any atom is -0.382 e. The third kappa shape index (κ3) is 1.55. The van der Waals surface area contributed by atoms with Crippen LogP contribution in [0.15, 0.2) is 6.20 Å². The molecule has 1 aliphatic heterocycles. The van der Waals surface area contributed by atoms with Gasteiger partial charge in [0.25, 0.3) is 0 Å². The van der Waals surface area contributed by atoms with Gasteiger partial charge in [0.05, 0.1) is 30.6 Å². The van der Waals surface area contributed by atoms with Crippen molar-refractivity contribution in [2.45, 2.75) is 37.8 Å². The van der Waals surface area contributed by atoms with E-state index in [9.17, 15) is 0 Å². The number of hydrogen-bond acceptors (Lipinski definition) is 4. The van der Waals surface area contributed by atoms with Crippen molar-refractivity contribution in [3.63, 3.8) is 0 Å². The number of aromatic amines is 1. The number of ether oxygens (including phenoxy) is 1. The zero-order chi connectivity index (χ0) is 11.0. The molecule has 0 amide bonds. The summed E-state index contributed by atoms with van der Waals surface area (Å²) in [6.45, 7) is 1.72. The lowest BCUT2D eigenvalue weighted by Crippen LogP contribution is -2.52. The molecule has 1 aromatic rings. The van der Waals surface area contributed by atoms with Gasteiger partial charge >= 0.3 is 0 Å². The van der Waals surface area contributed by atoms with Crippen LogP contribution in [0.4, 0.5) is 11.5 Å². The molecule has 1 saturated heterocycles. The number of fused-ring (bicyclic) bond motifs is 1. The number of aromatic nitrogens is 2. The summed E-state index contributed by atoms with van der Waals surface area (Å²) in [5.74, 6) is 0.672.